The van der Waals surface area contributed by atoms with Crippen molar-refractivity contribution >= 4 is 5.69 Å². The zero-order chi connectivity index (χ0) is 31.3. The van der Waals surface area contributed by atoms with Gasteiger partial charge in [0.25, 0.3) is 0 Å². The van der Waals surface area contributed by atoms with Gasteiger partial charge in [0, 0.05) is 35.1 Å². The number of hydrogen-bond acceptors (Lipinski definition) is 4. The SMILES string of the molecule is C=C(COC1(c2ccc(-c3cccc(C#CC)c3)cc2)CCC(C2CCC(C(C)(C)CC)C2)CC1)Nc1cc(O)cc(O)c1. The summed E-state index contributed by atoms with van der Waals surface area (Å²) < 4.78 is 6.85. The molecule has 0 heterocycles. The van der Waals surface area contributed by atoms with E-state index in [-0.39, 0.29) is 11.5 Å². The van der Waals surface area contributed by atoms with Crippen molar-refractivity contribution < 1.29 is 14.9 Å². The molecule has 3 aromatic rings. The van der Waals surface area contributed by atoms with Crippen LogP contribution in [-0.2, 0) is 10.3 Å². The Morgan fingerprint density at radius 3 is 2.30 bits per heavy atom. The van der Waals surface area contributed by atoms with Gasteiger partial charge in [0.2, 0.25) is 0 Å². The maximum Gasteiger partial charge on any atom is 0.121 e. The predicted octanol–water partition coefficient (Wildman–Crippen LogP) is 10.0. The molecule has 0 spiro atoms. The van der Waals surface area contributed by atoms with Crippen LogP contribution in [0, 0.1) is 35.0 Å². The fraction of sp³-hybridized carbons (Fsp3) is 0.450. The topological polar surface area (TPSA) is 61.7 Å². The molecule has 2 atom stereocenters. The van der Waals surface area contributed by atoms with E-state index in [0.29, 0.717) is 23.4 Å². The smallest absolute Gasteiger partial charge is 0.121 e. The van der Waals surface area contributed by atoms with Crippen molar-refractivity contribution in [3.05, 3.63) is 90.1 Å². The van der Waals surface area contributed by atoms with Crippen molar-refractivity contribution in [3.8, 4) is 34.5 Å². The van der Waals surface area contributed by atoms with Gasteiger partial charge in [-0.3, -0.25) is 0 Å². The molecular formula is C40H49NO3. The Bertz CT molecular complexity index is 1480. The minimum absolute atomic E-state index is 0.000137. The van der Waals surface area contributed by atoms with E-state index in [0.717, 1.165) is 41.7 Å². The van der Waals surface area contributed by atoms with Gasteiger partial charge in [-0.2, -0.15) is 0 Å². The maximum absolute atomic E-state index is 9.90. The molecule has 232 valence electrons. The van der Waals surface area contributed by atoms with Gasteiger partial charge in [0.15, 0.2) is 0 Å². The Morgan fingerprint density at radius 2 is 1.64 bits per heavy atom. The molecule has 0 bridgehead atoms. The highest BCUT2D eigenvalue weighted by Gasteiger charge is 2.43. The first-order chi connectivity index (χ1) is 21.1. The standard InChI is InChI=1S/C40H49NO3/c1-6-9-29-10-8-11-32(22-29)30-12-15-34(16-13-30)40(44-27-28(3)41-36-24-37(42)26-38(43)25-36)20-18-31(19-21-40)33-14-17-35(23-33)39(4,5)7-2/h8,10-13,15-16,22,24-26,31,33,35,41-43H,3,7,14,17-21,23,27H2,1-2,4-5H3. The minimum atomic E-state index is -0.392. The number of ether oxygens (including phenoxy) is 1. The Balaban J connectivity index is 1.33. The van der Waals surface area contributed by atoms with Crippen LogP contribution in [0.15, 0.2) is 79.0 Å². The third-order valence-electron chi connectivity index (χ3n) is 10.6. The van der Waals surface area contributed by atoms with Crippen molar-refractivity contribution in [3.63, 3.8) is 0 Å². The lowest BCUT2D eigenvalue weighted by Crippen LogP contribution is -2.37. The predicted molar refractivity (Wildman–Crippen MR) is 181 cm³/mol. The number of phenolic OH excluding ortho intramolecular Hbond substituents is 2. The molecule has 4 heteroatoms. The normalized spacial score (nSPS) is 23.5. The van der Waals surface area contributed by atoms with E-state index in [1.54, 1.807) is 12.1 Å². The number of nitrogens with one attached hydrogen (secondary N) is 1. The molecule has 4 nitrogen and oxygen atoms in total. The van der Waals surface area contributed by atoms with Crippen LogP contribution in [0.2, 0.25) is 0 Å². The molecule has 2 aliphatic carbocycles. The van der Waals surface area contributed by atoms with Crippen LogP contribution >= 0.6 is 0 Å². The summed E-state index contributed by atoms with van der Waals surface area (Å²) in [6.45, 7) is 13.6. The Morgan fingerprint density at radius 1 is 0.932 bits per heavy atom. The Labute approximate surface area is 264 Å². The second-order valence-electron chi connectivity index (χ2n) is 13.7. The molecule has 2 unspecified atom stereocenters. The van der Waals surface area contributed by atoms with Gasteiger partial charge < -0.3 is 20.3 Å². The van der Waals surface area contributed by atoms with Gasteiger partial charge in [-0.15, -0.1) is 5.92 Å². The van der Waals surface area contributed by atoms with Gasteiger partial charge in [-0.05, 0) is 104 Å². The number of hydrogen-bond donors (Lipinski definition) is 3. The summed E-state index contributed by atoms with van der Waals surface area (Å²) in [4.78, 5) is 0. The summed E-state index contributed by atoms with van der Waals surface area (Å²) in [5, 5.41) is 23.0. The Kier molecular flexibility index (Phi) is 9.76. The number of phenols is 2. The van der Waals surface area contributed by atoms with Gasteiger partial charge >= 0.3 is 0 Å². The molecule has 0 aromatic heterocycles. The minimum Gasteiger partial charge on any atom is -0.508 e. The van der Waals surface area contributed by atoms with Gasteiger partial charge in [-0.25, -0.2) is 0 Å². The summed E-state index contributed by atoms with van der Waals surface area (Å²) in [5.41, 5.74) is 5.87. The largest absolute Gasteiger partial charge is 0.508 e. The first-order valence-corrected chi connectivity index (χ1v) is 16.4. The van der Waals surface area contributed by atoms with Crippen molar-refractivity contribution in [1.82, 2.24) is 0 Å². The molecular weight excluding hydrogens is 542 g/mol. The number of aromatic hydroxyl groups is 2. The molecule has 3 aromatic carbocycles. The fourth-order valence-electron chi connectivity index (χ4n) is 7.56. The monoisotopic (exact) mass is 591 g/mol. The molecule has 2 fully saturated rings. The molecule has 2 saturated carbocycles. The highest BCUT2D eigenvalue weighted by molar-refractivity contribution is 5.66. The van der Waals surface area contributed by atoms with Crippen LogP contribution in [0.4, 0.5) is 5.69 Å². The lowest BCUT2D eigenvalue weighted by molar-refractivity contribution is -0.0789. The maximum atomic E-state index is 9.90. The molecule has 44 heavy (non-hydrogen) atoms. The van der Waals surface area contributed by atoms with E-state index >= 15 is 0 Å². The molecule has 0 aliphatic heterocycles. The van der Waals surface area contributed by atoms with Crippen LogP contribution in [0.25, 0.3) is 11.1 Å². The summed E-state index contributed by atoms with van der Waals surface area (Å²) in [5.74, 6) is 8.57. The molecule has 0 saturated heterocycles. The summed E-state index contributed by atoms with van der Waals surface area (Å²) >= 11 is 0. The highest BCUT2D eigenvalue weighted by atomic mass is 16.5. The van der Waals surface area contributed by atoms with Crippen LogP contribution in [0.5, 0.6) is 11.5 Å². The van der Waals surface area contributed by atoms with E-state index < -0.39 is 5.60 Å². The third kappa shape index (κ3) is 7.33. The van der Waals surface area contributed by atoms with Gasteiger partial charge in [0.1, 0.15) is 11.5 Å². The molecule has 3 N–H and O–H groups in total. The van der Waals surface area contributed by atoms with E-state index in [2.05, 4.69) is 87.0 Å². The number of rotatable bonds is 10. The van der Waals surface area contributed by atoms with Crippen LogP contribution < -0.4 is 5.32 Å². The summed E-state index contributed by atoms with van der Waals surface area (Å²) in [6, 6.07) is 21.7. The van der Waals surface area contributed by atoms with Gasteiger partial charge in [-0.1, -0.05) is 76.1 Å². The zero-order valence-corrected chi connectivity index (χ0v) is 27.0. The Hall–Kier alpha value is -3.68. The van der Waals surface area contributed by atoms with Crippen molar-refractivity contribution in [2.45, 2.75) is 84.7 Å². The molecule has 0 amide bonds. The molecule has 0 radical (unpaired) electrons. The second kappa shape index (κ2) is 13.5. The van der Waals surface area contributed by atoms with Crippen molar-refractivity contribution in [1.29, 1.82) is 0 Å². The quantitative estimate of drug-likeness (QED) is 0.205. The van der Waals surface area contributed by atoms with Crippen molar-refractivity contribution in [2.24, 2.45) is 23.2 Å². The van der Waals surface area contributed by atoms with E-state index in [4.69, 9.17) is 4.74 Å². The molecule has 2 aliphatic rings. The van der Waals surface area contributed by atoms with Crippen LogP contribution in [0.3, 0.4) is 0 Å². The second-order valence-corrected chi connectivity index (χ2v) is 13.7. The lowest BCUT2D eigenvalue weighted by Gasteiger charge is -2.42. The highest BCUT2D eigenvalue weighted by Crippen LogP contribution is 2.52. The third-order valence-corrected chi connectivity index (χ3v) is 10.6. The van der Waals surface area contributed by atoms with Crippen LogP contribution in [-0.4, -0.2) is 16.8 Å². The number of anilines is 1. The van der Waals surface area contributed by atoms with Crippen molar-refractivity contribution in [2.75, 3.05) is 11.9 Å². The number of benzene rings is 3. The van der Waals surface area contributed by atoms with E-state index in [9.17, 15) is 10.2 Å². The lowest BCUT2D eigenvalue weighted by atomic mass is 9.69. The summed E-state index contributed by atoms with van der Waals surface area (Å²) in [6.07, 6.45) is 9.65. The molecule has 5 rings (SSSR count). The van der Waals surface area contributed by atoms with Crippen LogP contribution in [0.1, 0.15) is 90.2 Å². The first kappa shape index (κ1) is 31.7. The van der Waals surface area contributed by atoms with Gasteiger partial charge in [0.05, 0.1) is 12.2 Å². The van der Waals surface area contributed by atoms with E-state index in [1.807, 2.05) is 13.0 Å². The fourth-order valence-corrected chi connectivity index (χ4v) is 7.56. The zero-order valence-electron chi connectivity index (χ0n) is 27.0. The summed E-state index contributed by atoms with van der Waals surface area (Å²) in [7, 11) is 0. The average molecular weight is 592 g/mol. The first-order valence-electron chi connectivity index (χ1n) is 16.4. The average Bonchev–Trinajstić information content (AvgIpc) is 3.52. The van der Waals surface area contributed by atoms with E-state index in [1.165, 1.54) is 55.7 Å².